The Morgan fingerprint density at radius 3 is 2.65 bits per heavy atom. The molecule has 0 aliphatic carbocycles. The number of rotatable bonds is 5. The summed E-state index contributed by atoms with van der Waals surface area (Å²) in [5, 5.41) is 2.93. The van der Waals surface area contributed by atoms with E-state index in [1.165, 1.54) is 38.3 Å². The summed E-state index contributed by atoms with van der Waals surface area (Å²) in [6, 6.07) is 8.07. The Hall–Kier alpha value is -2.72. The number of carbonyl (C=O) groups is 1. The number of aromatic nitrogens is 1. The molecule has 2 aromatic carbocycles. The highest BCUT2D eigenvalue weighted by Gasteiger charge is 2.20. The first-order chi connectivity index (χ1) is 12.3. The van der Waals surface area contributed by atoms with Gasteiger partial charge in [-0.3, -0.25) is 9.52 Å². The number of amides is 1. The van der Waals surface area contributed by atoms with Crippen molar-refractivity contribution in [2.75, 3.05) is 17.1 Å². The van der Waals surface area contributed by atoms with Crippen molar-refractivity contribution in [2.24, 2.45) is 0 Å². The van der Waals surface area contributed by atoms with Crippen LogP contribution in [0.25, 0.3) is 10.2 Å². The Bertz CT molecular complexity index is 1100. The van der Waals surface area contributed by atoms with Crippen LogP contribution in [0.5, 0.6) is 5.75 Å². The number of carbonyl (C=O) groups excluding carboxylic acids is 1. The molecule has 0 saturated heterocycles. The number of benzene rings is 2. The fourth-order valence-electron chi connectivity index (χ4n) is 2.29. The molecule has 0 atom stereocenters. The molecule has 0 saturated carbocycles. The maximum atomic E-state index is 13.8. The second-order valence-corrected chi connectivity index (χ2v) is 7.94. The van der Waals surface area contributed by atoms with Crippen LogP contribution in [0, 0.1) is 5.82 Å². The third kappa shape index (κ3) is 3.60. The van der Waals surface area contributed by atoms with Gasteiger partial charge in [0.05, 0.1) is 17.5 Å². The number of nitrogens with zero attached hydrogens (tertiary/aromatic N) is 1. The number of methoxy groups -OCH3 is 1. The maximum Gasteiger partial charge on any atom is 0.264 e. The summed E-state index contributed by atoms with van der Waals surface area (Å²) in [6.07, 6.45) is 0. The van der Waals surface area contributed by atoms with Crippen LogP contribution in [0.2, 0.25) is 0 Å². The first-order valence-electron chi connectivity index (χ1n) is 7.33. The molecule has 3 aromatic rings. The molecule has 0 aliphatic heterocycles. The van der Waals surface area contributed by atoms with Gasteiger partial charge in [-0.25, -0.2) is 17.8 Å². The molecule has 0 radical (unpaired) electrons. The van der Waals surface area contributed by atoms with E-state index >= 15 is 0 Å². The molecular formula is C16H14FN3O4S2. The molecule has 1 heterocycles. The van der Waals surface area contributed by atoms with Crippen molar-refractivity contribution in [3.63, 3.8) is 0 Å². The lowest BCUT2D eigenvalue weighted by molar-refractivity contribution is -0.114. The van der Waals surface area contributed by atoms with E-state index in [1.807, 2.05) is 0 Å². The highest BCUT2D eigenvalue weighted by atomic mass is 32.2. The zero-order valence-electron chi connectivity index (χ0n) is 13.7. The van der Waals surface area contributed by atoms with Gasteiger partial charge in [0.15, 0.2) is 5.13 Å². The number of halogens is 1. The lowest BCUT2D eigenvalue weighted by atomic mass is 10.3. The Morgan fingerprint density at radius 1 is 1.27 bits per heavy atom. The number of hydrogen-bond donors (Lipinski definition) is 2. The number of thiazole rings is 1. The third-order valence-corrected chi connectivity index (χ3v) is 5.67. The van der Waals surface area contributed by atoms with Crippen LogP contribution in [-0.2, 0) is 14.8 Å². The zero-order valence-corrected chi connectivity index (χ0v) is 15.4. The standard InChI is InChI=1S/C16H14FN3O4S2/c1-9(21)18-16-19-15-12(24-2)7-10(8-13(15)25-16)20-26(22,23)14-6-4-3-5-11(14)17/h3-8,20H,1-2H3,(H,18,19,21). The first kappa shape index (κ1) is 18.1. The summed E-state index contributed by atoms with van der Waals surface area (Å²) in [6.45, 7) is 1.36. The maximum absolute atomic E-state index is 13.8. The van der Waals surface area contributed by atoms with E-state index in [9.17, 15) is 17.6 Å². The van der Waals surface area contributed by atoms with Gasteiger partial charge in [-0.15, -0.1) is 0 Å². The van der Waals surface area contributed by atoms with Crippen molar-refractivity contribution in [3.05, 3.63) is 42.2 Å². The normalized spacial score (nSPS) is 11.3. The van der Waals surface area contributed by atoms with Crippen LogP contribution in [0.15, 0.2) is 41.3 Å². The predicted octanol–water partition coefficient (Wildman–Crippen LogP) is 3.20. The lowest BCUT2D eigenvalue weighted by Crippen LogP contribution is -2.14. The highest BCUT2D eigenvalue weighted by Crippen LogP contribution is 2.36. The van der Waals surface area contributed by atoms with Crippen molar-refractivity contribution in [1.82, 2.24) is 4.98 Å². The van der Waals surface area contributed by atoms with Crippen molar-refractivity contribution in [1.29, 1.82) is 0 Å². The van der Waals surface area contributed by atoms with E-state index in [0.29, 0.717) is 21.1 Å². The van der Waals surface area contributed by atoms with E-state index < -0.39 is 20.7 Å². The Balaban J connectivity index is 2.02. The van der Waals surface area contributed by atoms with E-state index in [4.69, 9.17) is 4.74 Å². The fourth-order valence-corrected chi connectivity index (χ4v) is 4.38. The molecule has 0 aliphatic rings. The minimum absolute atomic E-state index is 0.190. The van der Waals surface area contributed by atoms with Gasteiger partial charge in [0.2, 0.25) is 5.91 Å². The Kier molecular flexibility index (Phi) is 4.79. The Morgan fingerprint density at radius 2 is 2.00 bits per heavy atom. The molecule has 0 bridgehead atoms. The van der Waals surface area contributed by atoms with Crippen molar-refractivity contribution < 1.29 is 22.3 Å². The van der Waals surface area contributed by atoms with Crippen LogP contribution < -0.4 is 14.8 Å². The van der Waals surface area contributed by atoms with Gasteiger partial charge in [-0.1, -0.05) is 23.5 Å². The average molecular weight is 395 g/mol. The largest absolute Gasteiger partial charge is 0.494 e. The van der Waals surface area contributed by atoms with Crippen LogP contribution in [0.1, 0.15) is 6.92 Å². The molecule has 0 spiro atoms. The second kappa shape index (κ2) is 6.89. The van der Waals surface area contributed by atoms with E-state index in [-0.39, 0.29) is 11.6 Å². The van der Waals surface area contributed by atoms with Gasteiger partial charge in [-0.2, -0.15) is 0 Å². The second-order valence-electron chi connectivity index (χ2n) is 5.26. The Labute approximate surface area is 152 Å². The molecule has 1 amide bonds. The van der Waals surface area contributed by atoms with Crippen LogP contribution in [0.3, 0.4) is 0 Å². The number of fused-ring (bicyclic) bond motifs is 1. The van der Waals surface area contributed by atoms with Gasteiger partial charge < -0.3 is 10.1 Å². The average Bonchev–Trinajstić information content (AvgIpc) is 2.95. The quantitative estimate of drug-likeness (QED) is 0.691. The smallest absolute Gasteiger partial charge is 0.264 e. The number of hydrogen-bond acceptors (Lipinski definition) is 6. The van der Waals surface area contributed by atoms with E-state index in [1.54, 1.807) is 6.07 Å². The van der Waals surface area contributed by atoms with E-state index in [2.05, 4.69) is 15.0 Å². The summed E-state index contributed by atoms with van der Waals surface area (Å²) in [5.41, 5.74) is 0.672. The molecule has 3 rings (SSSR count). The molecule has 1 aromatic heterocycles. The summed E-state index contributed by atoms with van der Waals surface area (Å²) in [5.74, 6) is -0.802. The van der Waals surface area contributed by atoms with Gasteiger partial charge >= 0.3 is 0 Å². The third-order valence-electron chi connectivity index (χ3n) is 3.34. The highest BCUT2D eigenvalue weighted by molar-refractivity contribution is 7.92. The molecule has 7 nitrogen and oxygen atoms in total. The molecule has 136 valence electrons. The van der Waals surface area contributed by atoms with E-state index in [0.717, 1.165) is 17.4 Å². The number of nitrogens with one attached hydrogen (secondary N) is 2. The van der Waals surface area contributed by atoms with Crippen molar-refractivity contribution in [2.45, 2.75) is 11.8 Å². The van der Waals surface area contributed by atoms with Gasteiger partial charge in [0, 0.05) is 13.0 Å². The molecule has 0 unspecified atom stereocenters. The minimum Gasteiger partial charge on any atom is -0.494 e. The fraction of sp³-hybridized carbons (Fsp3) is 0.125. The van der Waals surface area contributed by atoms with Crippen molar-refractivity contribution in [3.8, 4) is 5.75 Å². The summed E-state index contributed by atoms with van der Waals surface area (Å²) in [4.78, 5) is 15.0. The van der Waals surface area contributed by atoms with Crippen LogP contribution in [-0.4, -0.2) is 26.4 Å². The van der Waals surface area contributed by atoms with Crippen molar-refractivity contribution >= 4 is 48.3 Å². The van der Waals surface area contributed by atoms with Gasteiger partial charge in [-0.05, 0) is 18.2 Å². The molecular weight excluding hydrogens is 381 g/mol. The lowest BCUT2D eigenvalue weighted by Gasteiger charge is -2.10. The van der Waals surface area contributed by atoms with Gasteiger partial charge in [0.25, 0.3) is 10.0 Å². The summed E-state index contributed by atoms with van der Waals surface area (Å²) in [7, 11) is -2.70. The topological polar surface area (TPSA) is 97.4 Å². The number of sulfonamides is 1. The molecule has 26 heavy (non-hydrogen) atoms. The predicted molar refractivity (Wildman–Crippen MR) is 97.7 cm³/mol. The molecule has 0 fully saturated rings. The van der Waals surface area contributed by atoms with Crippen LogP contribution in [0.4, 0.5) is 15.2 Å². The summed E-state index contributed by atoms with van der Waals surface area (Å²) >= 11 is 1.16. The first-order valence-corrected chi connectivity index (χ1v) is 9.63. The number of ether oxygens (including phenoxy) is 1. The monoisotopic (exact) mass is 395 g/mol. The zero-order chi connectivity index (χ0) is 18.9. The molecule has 2 N–H and O–H groups in total. The molecule has 10 heteroatoms. The SMILES string of the molecule is COc1cc(NS(=O)(=O)c2ccccc2F)cc2sc(NC(C)=O)nc12. The minimum atomic E-state index is -4.12. The van der Waals surface area contributed by atoms with Crippen LogP contribution >= 0.6 is 11.3 Å². The summed E-state index contributed by atoms with van der Waals surface area (Å²) < 4.78 is 46.9. The van der Waals surface area contributed by atoms with Gasteiger partial charge in [0.1, 0.15) is 22.0 Å². The number of anilines is 2.